The number of halogens is 1. The molecule has 1 heterocycles. The van der Waals surface area contributed by atoms with Crippen LogP contribution in [-0.4, -0.2) is 12.6 Å². The first kappa shape index (κ1) is 14.1. The summed E-state index contributed by atoms with van der Waals surface area (Å²) in [6.45, 7) is 0. The van der Waals surface area contributed by atoms with E-state index in [9.17, 15) is 0 Å². The van der Waals surface area contributed by atoms with Gasteiger partial charge in [-0.05, 0) is 75.6 Å². The first-order chi connectivity index (χ1) is 10.2. The maximum Gasteiger partial charge on any atom is 0.125 e. The molecule has 4 rings (SSSR count). The summed E-state index contributed by atoms with van der Waals surface area (Å²) < 4.78 is 7.73. The Hall–Kier alpha value is -0.540. The molecule has 1 N–H and O–H groups in total. The summed E-state index contributed by atoms with van der Waals surface area (Å²) >= 11 is 3.59. The number of benzene rings is 1. The number of ether oxygens (including phenoxy) is 1. The summed E-state index contributed by atoms with van der Waals surface area (Å²) in [6, 6.07) is 6.88. The molecule has 1 spiro atoms. The second kappa shape index (κ2) is 5.27. The van der Waals surface area contributed by atoms with Crippen LogP contribution in [-0.2, 0) is 0 Å². The largest absolute Gasteiger partial charge is 0.487 e. The summed E-state index contributed by atoms with van der Waals surface area (Å²) in [5.41, 5.74) is 1.39. The van der Waals surface area contributed by atoms with E-state index in [1.807, 2.05) is 0 Å². The maximum atomic E-state index is 6.59. The first-order valence-corrected chi connectivity index (χ1v) is 9.14. The highest BCUT2D eigenvalue weighted by molar-refractivity contribution is 9.10. The molecule has 2 fully saturated rings. The third-order valence-electron chi connectivity index (χ3n) is 5.73. The van der Waals surface area contributed by atoms with Crippen molar-refractivity contribution < 1.29 is 4.74 Å². The minimum atomic E-state index is 0.0833. The van der Waals surface area contributed by atoms with Crippen LogP contribution in [0.4, 0.5) is 0 Å². The van der Waals surface area contributed by atoms with E-state index in [0.717, 1.165) is 28.5 Å². The molecule has 2 saturated carbocycles. The lowest BCUT2D eigenvalue weighted by molar-refractivity contribution is -0.0239. The van der Waals surface area contributed by atoms with Crippen LogP contribution in [0.2, 0.25) is 0 Å². The van der Waals surface area contributed by atoms with E-state index in [4.69, 9.17) is 4.74 Å². The molecule has 2 nitrogen and oxygen atoms in total. The van der Waals surface area contributed by atoms with Crippen LogP contribution >= 0.6 is 15.9 Å². The number of hydrogen-bond donors (Lipinski definition) is 1. The lowest BCUT2D eigenvalue weighted by atomic mass is 9.71. The van der Waals surface area contributed by atoms with Crippen LogP contribution in [0.5, 0.6) is 5.75 Å². The molecule has 3 aliphatic rings. The minimum Gasteiger partial charge on any atom is -0.487 e. The average Bonchev–Trinajstić information content (AvgIpc) is 3.32. The Balaban J connectivity index is 1.64. The number of fused-ring (bicyclic) bond motifs is 1. The lowest BCUT2D eigenvalue weighted by Gasteiger charge is -2.47. The van der Waals surface area contributed by atoms with E-state index in [0.29, 0.717) is 6.04 Å². The zero-order valence-corrected chi connectivity index (χ0v) is 14.3. The zero-order chi connectivity index (χ0) is 14.4. The van der Waals surface area contributed by atoms with Gasteiger partial charge in [0.15, 0.2) is 0 Å². The lowest BCUT2D eigenvalue weighted by Crippen LogP contribution is -2.47. The van der Waals surface area contributed by atoms with E-state index in [-0.39, 0.29) is 5.60 Å². The summed E-state index contributed by atoms with van der Waals surface area (Å²) in [5, 5.41) is 3.52. The third-order valence-corrected chi connectivity index (χ3v) is 6.22. The fourth-order valence-corrected chi connectivity index (χ4v) is 4.89. The van der Waals surface area contributed by atoms with Gasteiger partial charge in [0.2, 0.25) is 0 Å². The fraction of sp³-hybridized carbons (Fsp3) is 0.667. The molecule has 3 heteroatoms. The zero-order valence-electron chi connectivity index (χ0n) is 12.7. The SMILES string of the molecule is CNC1CC2(CCCC(C3CC3)C2)Oc2ccc(Br)cc21. The van der Waals surface area contributed by atoms with Gasteiger partial charge in [0, 0.05) is 22.5 Å². The highest BCUT2D eigenvalue weighted by atomic mass is 79.9. The van der Waals surface area contributed by atoms with Gasteiger partial charge >= 0.3 is 0 Å². The predicted molar refractivity (Wildman–Crippen MR) is 88.6 cm³/mol. The Kier molecular flexibility index (Phi) is 3.54. The summed E-state index contributed by atoms with van der Waals surface area (Å²) in [6.07, 6.45) is 9.29. The molecule has 0 amide bonds. The molecule has 0 bridgehead atoms. The van der Waals surface area contributed by atoms with Gasteiger partial charge < -0.3 is 10.1 Å². The predicted octanol–water partition coefficient (Wildman–Crippen LogP) is 4.83. The molecule has 0 saturated heterocycles. The van der Waals surface area contributed by atoms with Crippen molar-refractivity contribution in [2.75, 3.05) is 7.05 Å². The monoisotopic (exact) mass is 349 g/mol. The van der Waals surface area contributed by atoms with Gasteiger partial charge in [-0.25, -0.2) is 0 Å². The van der Waals surface area contributed by atoms with Crippen molar-refractivity contribution in [1.29, 1.82) is 0 Å². The summed E-state index contributed by atoms with van der Waals surface area (Å²) in [7, 11) is 2.08. The standard InChI is InChI=1S/C18H24BrNO/c1-20-16-11-18(8-2-3-13(10-18)12-4-5-12)21-17-7-6-14(19)9-15(16)17/h6-7,9,12-13,16,20H,2-5,8,10-11H2,1H3. The normalized spacial score (nSPS) is 35.3. The Labute approximate surface area is 135 Å². The molecule has 0 aromatic heterocycles. The van der Waals surface area contributed by atoms with Crippen molar-refractivity contribution >= 4 is 15.9 Å². The van der Waals surface area contributed by atoms with Crippen molar-refractivity contribution in [3.8, 4) is 5.75 Å². The molecule has 1 aromatic carbocycles. The smallest absolute Gasteiger partial charge is 0.125 e. The molecular weight excluding hydrogens is 326 g/mol. The Morgan fingerprint density at radius 3 is 2.81 bits per heavy atom. The van der Waals surface area contributed by atoms with Crippen LogP contribution in [0, 0.1) is 11.8 Å². The molecule has 21 heavy (non-hydrogen) atoms. The van der Waals surface area contributed by atoms with Gasteiger partial charge in [0.05, 0.1) is 0 Å². The van der Waals surface area contributed by atoms with Gasteiger partial charge in [-0.1, -0.05) is 15.9 Å². The first-order valence-electron chi connectivity index (χ1n) is 8.35. The van der Waals surface area contributed by atoms with Crippen LogP contribution in [0.25, 0.3) is 0 Å². The highest BCUT2D eigenvalue weighted by Crippen LogP contribution is 2.52. The number of nitrogens with one attached hydrogen (secondary N) is 1. The van der Waals surface area contributed by atoms with Gasteiger partial charge in [-0.3, -0.25) is 0 Å². The summed E-state index contributed by atoms with van der Waals surface area (Å²) in [5.74, 6) is 3.01. The van der Waals surface area contributed by atoms with E-state index in [1.54, 1.807) is 0 Å². The van der Waals surface area contributed by atoms with Crippen LogP contribution in [0.1, 0.15) is 56.6 Å². The quantitative estimate of drug-likeness (QED) is 0.825. The van der Waals surface area contributed by atoms with Crippen LogP contribution < -0.4 is 10.1 Å². The van der Waals surface area contributed by atoms with E-state index < -0.39 is 0 Å². The second-order valence-corrected chi connectivity index (χ2v) is 8.12. The number of hydrogen-bond acceptors (Lipinski definition) is 2. The second-order valence-electron chi connectivity index (χ2n) is 7.21. The average molecular weight is 350 g/mol. The Bertz CT molecular complexity index is 542. The van der Waals surface area contributed by atoms with Gasteiger partial charge in [-0.2, -0.15) is 0 Å². The van der Waals surface area contributed by atoms with Crippen LogP contribution in [0.15, 0.2) is 22.7 Å². The van der Waals surface area contributed by atoms with Crippen molar-refractivity contribution in [2.24, 2.45) is 11.8 Å². The van der Waals surface area contributed by atoms with Crippen molar-refractivity contribution in [3.05, 3.63) is 28.2 Å². The van der Waals surface area contributed by atoms with Crippen molar-refractivity contribution in [1.82, 2.24) is 5.32 Å². The molecule has 1 aliphatic heterocycles. The van der Waals surface area contributed by atoms with Crippen LogP contribution in [0.3, 0.4) is 0 Å². The minimum absolute atomic E-state index is 0.0833. The van der Waals surface area contributed by atoms with Crippen molar-refractivity contribution in [3.63, 3.8) is 0 Å². The Morgan fingerprint density at radius 1 is 1.19 bits per heavy atom. The van der Waals surface area contributed by atoms with Gasteiger partial charge in [0.1, 0.15) is 11.4 Å². The maximum absolute atomic E-state index is 6.59. The molecule has 114 valence electrons. The molecule has 3 atom stereocenters. The number of rotatable bonds is 2. The van der Waals surface area contributed by atoms with E-state index in [1.165, 1.54) is 44.1 Å². The molecule has 0 radical (unpaired) electrons. The topological polar surface area (TPSA) is 21.3 Å². The molecule has 3 unspecified atom stereocenters. The summed E-state index contributed by atoms with van der Waals surface area (Å²) in [4.78, 5) is 0. The molecule has 2 aliphatic carbocycles. The van der Waals surface area contributed by atoms with Crippen molar-refractivity contribution in [2.45, 2.75) is 56.6 Å². The van der Waals surface area contributed by atoms with E-state index >= 15 is 0 Å². The van der Waals surface area contributed by atoms with Gasteiger partial charge in [0.25, 0.3) is 0 Å². The highest BCUT2D eigenvalue weighted by Gasteiger charge is 2.47. The molecular formula is C18H24BrNO. The van der Waals surface area contributed by atoms with Gasteiger partial charge in [-0.15, -0.1) is 0 Å². The fourth-order valence-electron chi connectivity index (χ4n) is 4.52. The molecule has 1 aromatic rings. The third kappa shape index (κ3) is 2.63. The Morgan fingerprint density at radius 2 is 2.05 bits per heavy atom. The van der Waals surface area contributed by atoms with E-state index in [2.05, 4.69) is 46.5 Å².